The minimum absolute atomic E-state index is 0.0265. The number of halogens is 6. The van der Waals surface area contributed by atoms with Crippen molar-refractivity contribution in [3.8, 4) is 0 Å². The lowest BCUT2D eigenvalue weighted by Crippen LogP contribution is -2.50. The molecule has 1 amide bonds. The highest BCUT2D eigenvalue weighted by Crippen LogP contribution is 2.36. The zero-order valence-corrected chi connectivity index (χ0v) is 19.9. The summed E-state index contributed by atoms with van der Waals surface area (Å²) in [7, 11) is 0. The number of ether oxygens (including phenoxy) is 1. The van der Waals surface area contributed by atoms with Crippen LogP contribution in [0.5, 0.6) is 0 Å². The zero-order chi connectivity index (χ0) is 29.3. The number of carbonyl (C=O) groups excluding carboxylic acids is 1. The fraction of sp³-hybridized carbons (Fsp3) is 0.455. The molecule has 4 rings (SSSR count). The molecule has 0 bridgehead atoms. The van der Waals surface area contributed by atoms with E-state index in [1.807, 2.05) is 11.0 Å². The Morgan fingerprint density at radius 2 is 1.59 bits per heavy atom. The number of carboxylic acids is 2. The number of hydrogen-bond acceptors (Lipinski definition) is 8. The summed E-state index contributed by atoms with van der Waals surface area (Å²) >= 11 is 0. The number of aromatic nitrogens is 3. The summed E-state index contributed by atoms with van der Waals surface area (Å²) < 4.78 is 69.6. The Labute approximate surface area is 216 Å². The van der Waals surface area contributed by atoms with Gasteiger partial charge in [0.2, 0.25) is 5.95 Å². The number of carbonyl (C=O) groups is 3. The Balaban J connectivity index is 0.000000317. The van der Waals surface area contributed by atoms with Crippen LogP contribution in [-0.2, 0) is 14.3 Å². The van der Waals surface area contributed by atoms with Crippen molar-refractivity contribution in [1.82, 2.24) is 19.9 Å². The van der Waals surface area contributed by atoms with Crippen molar-refractivity contribution < 1.29 is 55.7 Å². The van der Waals surface area contributed by atoms with Crippen molar-refractivity contribution in [2.24, 2.45) is 0 Å². The highest BCUT2D eigenvalue weighted by atomic mass is 19.4. The number of nitrogens with zero attached hydrogens (tertiary/aromatic N) is 4. The van der Waals surface area contributed by atoms with Gasteiger partial charge in [-0.3, -0.25) is 9.78 Å². The van der Waals surface area contributed by atoms with Gasteiger partial charge in [-0.05, 0) is 31.0 Å². The van der Waals surface area contributed by atoms with Crippen molar-refractivity contribution >= 4 is 23.8 Å². The molecule has 2 atom stereocenters. The van der Waals surface area contributed by atoms with Crippen LogP contribution in [0.25, 0.3) is 0 Å². The molecule has 2 fully saturated rings. The van der Waals surface area contributed by atoms with Crippen molar-refractivity contribution in [2.75, 3.05) is 25.0 Å². The number of amides is 1. The number of alkyl halides is 6. The lowest BCUT2D eigenvalue weighted by molar-refractivity contribution is -0.193. The van der Waals surface area contributed by atoms with Crippen molar-refractivity contribution in [1.29, 1.82) is 0 Å². The number of pyridine rings is 1. The third-order valence-corrected chi connectivity index (χ3v) is 5.33. The van der Waals surface area contributed by atoms with Crippen LogP contribution in [0.4, 0.5) is 32.3 Å². The number of hydrogen-bond donors (Lipinski definition) is 3. The summed E-state index contributed by atoms with van der Waals surface area (Å²) in [5.74, 6) is -4.87. The highest BCUT2D eigenvalue weighted by molar-refractivity contribution is 5.94. The maximum Gasteiger partial charge on any atom is 0.490 e. The predicted octanol–water partition coefficient (Wildman–Crippen LogP) is 3.01. The van der Waals surface area contributed by atoms with Gasteiger partial charge in [-0.25, -0.2) is 19.6 Å². The van der Waals surface area contributed by atoms with E-state index in [1.165, 1.54) is 0 Å². The second kappa shape index (κ2) is 13.2. The molecule has 39 heavy (non-hydrogen) atoms. The average molecular weight is 567 g/mol. The van der Waals surface area contributed by atoms with Gasteiger partial charge in [-0.2, -0.15) is 26.3 Å². The number of aliphatic carboxylic acids is 2. The van der Waals surface area contributed by atoms with Crippen molar-refractivity contribution in [2.45, 2.75) is 43.3 Å². The fourth-order valence-corrected chi connectivity index (χ4v) is 3.72. The molecule has 214 valence electrons. The van der Waals surface area contributed by atoms with Gasteiger partial charge < -0.3 is 25.2 Å². The molecule has 2 aromatic rings. The van der Waals surface area contributed by atoms with Crippen LogP contribution >= 0.6 is 0 Å². The van der Waals surface area contributed by atoms with E-state index >= 15 is 0 Å². The van der Waals surface area contributed by atoms with Gasteiger partial charge in [0.1, 0.15) is 0 Å². The molecule has 0 saturated carbocycles. The maximum absolute atomic E-state index is 12.7. The zero-order valence-electron chi connectivity index (χ0n) is 19.9. The van der Waals surface area contributed by atoms with Gasteiger partial charge >= 0.3 is 24.3 Å². The van der Waals surface area contributed by atoms with Gasteiger partial charge in [-0.1, -0.05) is 0 Å². The molecule has 0 aromatic carbocycles. The van der Waals surface area contributed by atoms with Crippen molar-refractivity contribution in [3.05, 3.63) is 48.5 Å². The van der Waals surface area contributed by atoms with Gasteiger partial charge in [0, 0.05) is 37.8 Å². The Kier molecular flexibility index (Phi) is 10.5. The summed E-state index contributed by atoms with van der Waals surface area (Å²) in [5.41, 5.74) is 0.354. The first-order valence-electron chi connectivity index (χ1n) is 11.1. The second-order valence-corrected chi connectivity index (χ2v) is 8.29. The van der Waals surface area contributed by atoms with Crippen LogP contribution in [0.1, 0.15) is 29.6 Å². The van der Waals surface area contributed by atoms with Crippen LogP contribution in [0.2, 0.25) is 0 Å². The fourth-order valence-electron chi connectivity index (χ4n) is 3.72. The molecular weight excluding hydrogens is 544 g/mol. The Morgan fingerprint density at radius 3 is 2.10 bits per heavy atom. The third kappa shape index (κ3) is 9.99. The maximum atomic E-state index is 12.7. The molecule has 4 heterocycles. The summed E-state index contributed by atoms with van der Waals surface area (Å²) in [4.78, 5) is 44.9. The molecule has 2 aliphatic heterocycles. The smallest absolute Gasteiger partial charge is 0.475 e. The molecule has 0 aliphatic carbocycles. The lowest BCUT2D eigenvalue weighted by Gasteiger charge is -2.39. The van der Waals surface area contributed by atoms with Crippen LogP contribution in [0, 0.1) is 0 Å². The van der Waals surface area contributed by atoms with Gasteiger partial charge in [-0.15, -0.1) is 0 Å². The van der Waals surface area contributed by atoms with Crippen molar-refractivity contribution in [3.63, 3.8) is 0 Å². The normalized spacial score (nSPS) is 20.7. The molecule has 3 N–H and O–H groups in total. The first-order valence-corrected chi connectivity index (χ1v) is 11.1. The quantitative estimate of drug-likeness (QED) is 0.472. The summed E-state index contributed by atoms with van der Waals surface area (Å²) in [5, 5.41) is 17.6. The predicted molar refractivity (Wildman–Crippen MR) is 119 cm³/mol. The molecule has 2 aliphatic rings. The molecule has 17 heteroatoms. The molecule has 2 aromatic heterocycles. The largest absolute Gasteiger partial charge is 0.490 e. The SMILES string of the molecule is O=C(O)C(F)(F)F.O=C(O)C(F)(F)F.O=C(c1cccnc1)N1CCCC2(CC(Nc3ncccn3)CO2)C1. The second-order valence-electron chi connectivity index (χ2n) is 8.29. The van der Waals surface area contributed by atoms with E-state index in [0.717, 1.165) is 25.8 Å². The Bertz CT molecular complexity index is 1080. The van der Waals surface area contributed by atoms with Crippen LogP contribution in [0.15, 0.2) is 43.0 Å². The number of rotatable bonds is 3. The van der Waals surface area contributed by atoms with E-state index in [0.29, 0.717) is 24.7 Å². The highest BCUT2D eigenvalue weighted by Gasteiger charge is 2.45. The summed E-state index contributed by atoms with van der Waals surface area (Å²) in [6.07, 6.45) is -0.668. The minimum atomic E-state index is -5.08. The van der Waals surface area contributed by atoms with Crippen LogP contribution < -0.4 is 5.32 Å². The monoisotopic (exact) mass is 567 g/mol. The first-order chi connectivity index (χ1) is 18.1. The summed E-state index contributed by atoms with van der Waals surface area (Å²) in [6, 6.07) is 5.55. The third-order valence-electron chi connectivity index (χ3n) is 5.33. The molecule has 0 radical (unpaired) electrons. The van der Waals surface area contributed by atoms with E-state index in [4.69, 9.17) is 24.5 Å². The molecule has 2 unspecified atom stereocenters. The molecular formula is C22H23F6N5O6. The van der Waals surface area contributed by atoms with E-state index in [1.54, 1.807) is 36.9 Å². The summed E-state index contributed by atoms with van der Waals surface area (Å²) in [6.45, 7) is 1.99. The number of nitrogens with one attached hydrogen (secondary N) is 1. The van der Waals surface area contributed by atoms with E-state index in [9.17, 15) is 31.1 Å². The molecule has 1 spiro atoms. The first kappa shape index (κ1) is 31.2. The number of piperidine rings is 1. The van der Waals surface area contributed by atoms with Crippen LogP contribution in [0.3, 0.4) is 0 Å². The van der Waals surface area contributed by atoms with E-state index < -0.39 is 24.3 Å². The number of likely N-dealkylation sites (tertiary alicyclic amines) is 1. The van der Waals surface area contributed by atoms with E-state index in [-0.39, 0.29) is 17.6 Å². The topological polar surface area (TPSA) is 155 Å². The van der Waals surface area contributed by atoms with Crippen LogP contribution in [-0.4, -0.2) is 91.6 Å². The van der Waals surface area contributed by atoms with Gasteiger partial charge in [0.05, 0.1) is 30.4 Å². The average Bonchev–Trinajstić information content (AvgIpc) is 3.25. The lowest BCUT2D eigenvalue weighted by atomic mass is 9.88. The standard InChI is InChI=1S/C18H21N5O2.2C2HF3O2/c24-16(14-4-1-6-19-11-14)23-9-2-5-18(13-23)10-15(12-25-18)22-17-20-7-3-8-21-17;2*3-2(4,5)1(6)7/h1,3-4,6-8,11,15H,2,5,9-10,12-13H2,(H,20,21,22);2*(H,6,7). The van der Waals surface area contributed by atoms with Gasteiger partial charge in [0.25, 0.3) is 5.91 Å². The molecule has 2 saturated heterocycles. The van der Waals surface area contributed by atoms with E-state index in [2.05, 4.69) is 20.3 Å². The number of anilines is 1. The van der Waals surface area contributed by atoms with Gasteiger partial charge in [0.15, 0.2) is 0 Å². The Hall–Kier alpha value is -4.02. The Morgan fingerprint density at radius 1 is 1.00 bits per heavy atom. The molecule has 11 nitrogen and oxygen atoms in total. The minimum Gasteiger partial charge on any atom is -0.475 e. The number of carboxylic acid groups (broad SMARTS) is 2.